The highest BCUT2D eigenvalue weighted by molar-refractivity contribution is 7.92. The van der Waals surface area contributed by atoms with Crippen molar-refractivity contribution in [2.45, 2.75) is 11.1 Å². The molecule has 0 aliphatic heterocycles. The van der Waals surface area contributed by atoms with Gasteiger partial charge in [-0.2, -0.15) is 0 Å². The van der Waals surface area contributed by atoms with Gasteiger partial charge in [-0.05, 0) is 30.7 Å². The molecule has 2 rings (SSSR count). The van der Waals surface area contributed by atoms with Crippen molar-refractivity contribution < 1.29 is 18.1 Å². The molecule has 9 heteroatoms. The molecule has 1 aromatic carbocycles. The van der Waals surface area contributed by atoms with Crippen LogP contribution in [0.5, 0.6) is 10.8 Å². The fourth-order valence-electron chi connectivity index (χ4n) is 1.51. The second-order valence-electron chi connectivity index (χ2n) is 4.28. The number of nitrogens with zero attached hydrogens (tertiary/aromatic N) is 1. The van der Waals surface area contributed by atoms with Crippen LogP contribution in [0.3, 0.4) is 0 Å². The monoisotopic (exact) mass is 347 g/mol. The summed E-state index contributed by atoms with van der Waals surface area (Å²) in [5.74, 6) is 0.349. The van der Waals surface area contributed by atoms with E-state index in [-0.39, 0.29) is 15.0 Å². The Kier molecular flexibility index (Phi) is 4.22. The Labute approximate surface area is 130 Å². The third-order valence-electron chi connectivity index (χ3n) is 2.56. The molecular weight excluding hydrogens is 338 g/mol. The smallest absolute Gasteiger partial charge is 0.324 e. The van der Waals surface area contributed by atoms with Gasteiger partial charge in [-0.3, -0.25) is 10.1 Å². The Bertz CT molecular complexity index is 813. The van der Waals surface area contributed by atoms with E-state index in [9.17, 15) is 18.5 Å². The van der Waals surface area contributed by atoms with Gasteiger partial charge < -0.3 is 4.74 Å². The van der Waals surface area contributed by atoms with Crippen LogP contribution in [-0.2, 0) is 9.84 Å². The molecule has 0 saturated heterocycles. The Morgan fingerprint density at radius 2 is 2.00 bits per heavy atom. The number of aryl methyl sites for hydroxylation is 1. The molecule has 0 amide bonds. The number of sulfone groups is 1. The third-order valence-corrected chi connectivity index (χ3v) is 5.79. The molecule has 0 unspecified atom stereocenters. The Balaban J connectivity index is 2.45. The fraction of sp³-hybridized carbons (Fsp3) is 0.167. The van der Waals surface area contributed by atoms with Crippen LogP contribution in [0.15, 0.2) is 28.5 Å². The van der Waals surface area contributed by atoms with Gasteiger partial charge in [0.2, 0.25) is 0 Å². The predicted octanol–water partition coefficient (Wildman–Crippen LogP) is 3.81. The van der Waals surface area contributed by atoms with E-state index in [2.05, 4.69) is 0 Å². The fourth-order valence-corrected chi connectivity index (χ4v) is 3.52. The highest BCUT2D eigenvalue weighted by Crippen LogP contribution is 2.42. The summed E-state index contributed by atoms with van der Waals surface area (Å²) in [5.41, 5.74) is 0.366. The van der Waals surface area contributed by atoms with E-state index < -0.39 is 14.8 Å². The number of benzene rings is 1. The lowest BCUT2D eigenvalue weighted by atomic mass is 10.2. The van der Waals surface area contributed by atoms with Crippen molar-refractivity contribution in [3.05, 3.63) is 45.0 Å². The van der Waals surface area contributed by atoms with E-state index in [4.69, 9.17) is 16.3 Å². The summed E-state index contributed by atoms with van der Waals surface area (Å²) in [6.07, 6.45) is 0.985. The number of nitro groups is 1. The predicted molar refractivity (Wildman–Crippen MR) is 80.3 cm³/mol. The molecule has 21 heavy (non-hydrogen) atoms. The Morgan fingerprint density at radius 3 is 2.52 bits per heavy atom. The lowest BCUT2D eigenvalue weighted by Gasteiger charge is -2.04. The molecule has 6 nitrogen and oxygen atoms in total. The summed E-state index contributed by atoms with van der Waals surface area (Å²) in [4.78, 5) is 10.3. The van der Waals surface area contributed by atoms with E-state index in [0.29, 0.717) is 22.1 Å². The Morgan fingerprint density at radius 1 is 1.33 bits per heavy atom. The molecular formula is C12H10ClNO5S2. The van der Waals surface area contributed by atoms with Crippen LogP contribution in [0.25, 0.3) is 0 Å². The van der Waals surface area contributed by atoms with Crippen molar-refractivity contribution in [1.29, 1.82) is 0 Å². The van der Waals surface area contributed by atoms with Crippen molar-refractivity contribution in [2.75, 3.05) is 6.26 Å². The third kappa shape index (κ3) is 3.52. The van der Waals surface area contributed by atoms with E-state index >= 15 is 0 Å². The Hall–Kier alpha value is -1.64. The molecule has 0 N–H and O–H groups in total. The first-order valence-corrected chi connectivity index (χ1v) is 8.69. The minimum atomic E-state index is -3.53. The van der Waals surface area contributed by atoms with E-state index in [1.807, 2.05) is 0 Å². The molecule has 0 atom stereocenters. The van der Waals surface area contributed by atoms with Crippen LogP contribution in [0.4, 0.5) is 5.69 Å². The highest BCUT2D eigenvalue weighted by atomic mass is 35.5. The molecule has 0 saturated carbocycles. The van der Waals surface area contributed by atoms with Crippen LogP contribution in [-0.4, -0.2) is 19.6 Å². The van der Waals surface area contributed by atoms with Crippen molar-refractivity contribution in [3.8, 4) is 10.8 Å². The van der Waals surface area contributed by atoms with Gasteiger partial charge in [0.25, 0.3) is 5.06 Å². The summed E-state index contributed by atoms with van der Waals surface area (Å²) in [6, 6.07) is 5.77. The lowest BCUT2D eigenvalue weighted by molar-refractivity contribution is -0.385. The molecule has 2 aromatic rings. The van der Waals surface area contributed by atoms with Gasteiger partial charge in [0.1, 0.15) is 9.96 Å². The second kappa shape index (κ2) is 5.63. The highest BCUT2D eigenvalue weighted by Gasteiger charge is 2.25. The lowest BCUT2D eigenvalue weighted by Crippen LogP contribution is -1.92. The minimum Gasteiger partial charge on any atom is -0.440 e. The number of hydrogen-bond donors (Lipinski definition) is 0. The average molecular weight is 348 g/mol. The van der Waals surface area contributed by atoms with Crippen LogP contribution in [0.1, 0.15) is 5.56 Å². The maximum atomic E-state index is 11.5. The molecule has 0 radical (unpaired) electrons. The average Bonchev–Trinajstić information content (AvgIpc) is 2.78. The van der Waals surface area contributed by atoms with Crippen molar-refractivity contribution in [1.82, 2.24) is 0 Å². The standard InChI is InChI=1S/C12H10ClNO5S2/c1-7-5-8(3-4-9(7)13)19-12-10(14(15)16)6-11(20-12)21(2,17)18/h3-6H,1-2H3. The first-order chi connectivity index (χ1) is 9.68. The van der Waals surface area contributed by atoms with Gasteiger partial charge in [0.05, 0.1) is 4.92 Å². The van der Waals surface area contributed by atoms with Crippen LogP contribution < -0.4 is 4.74 Å². The summed E-state index contributed by atoms with van der Waals surface area (Å²) < 4.78 is 28.3. The number of halogens is 1. The number of rotatable bonds is 4. The van der Waals surface area contributed by atoms with Gasteiger partial charge in [0, 0.05) is 17.3 Å². The van der Waals surface area contributed by atoms with Gasteiger partial charge in [0.15, 0.2) is 9.84 Å². The molecule has 112 valence electrons. The number of ether oxygens (including phenoxy) is 1. The summed E-state index contributed by atoms with van der Waals surface area (Å²) >= 11 is 6.60. The van der Waals surface area contributed by atoms with Crippen LogP contribution >= 0.6 is 22.9 Å². The molecule has 0 spiro atoms. The number of thiophene rings is 1. The van der Waals surface area contributed by atoms with E-state index in [1.165, 1.54) is 0 Å². The largest absolute Gasteiger partial charge is 0.440 e. The minimum absolute atomic E-state index is 0.0813. The maximum absolute atomic E-state index is 11.5. The second-order valence-corrected chi connectivity index (χ2v) is 7.94. The first kappa shape index (κ1) is 15.7. The SMILES string of the molecule is Cc1cc(Oc2sc(S(C)(=O)=O)cc2[N+](=O)[O-])ccc1Cl. The topological polar surface area (TPSA) is 86.5 Å². The quantitative estimate of drug-likeness (QED) is 0.620. The summed E-state index contributed by atoms with van der Waals surface area (Å²) in [6.45, 7) is 1.76. The molecule has 0 aliphatic carbocycles. The van der Waals surface area contributed by atoms with Crippen molar-refractivity contribution in [3.63, 3.8) is 0 Å². The molecule has 0 aliphatic rings. The van der Waals surface area contributed by atoms with E-state index in [0.717, 1.165) is 17.9 Å². The zero-order valence-corrected chi connectivity index (χ0v) is 13.4. The molecule has 0 fully saturated rings. The normalized spacial score (nSPS) is 11.4. The van der Waals surface area contributed by atoms with Crippen LogP contribution in [0, 0.1) is 17.0 Å². The zero-order chi connectivity index (χ0) is 15.8. The van der Waals surface area contributed by atoms with Gasteiger partial charge in [-0.25, -0.2) is 8.42 Å². The van der Waals surface area contributed by atoms with Gasteiger partial charge in [-0.15, -0.1) is 0 Å². The molecule has 0 bridgehead atoms. The first-order valence-electron chi connectivity index (χ1n) is 5.61. The molecule has 1 heterocycles. The van der Waals surface area contributed by atoms with Gasteiger partial charge in [-0.1, -0.05) is 22.9 Å². The number of hydrogen-bond acceptors (Lipinski definition) is 6. The molecule has 1 aromatic heterocycles. The summed E-state index contributed by atoms with van der Waals surface area (Å²) in [7, 11) is -3.53. The van der Waals surface area contributed by atoms with Crippen molar-refractivity contribution >= 4 is 38.5 Å². The van der Waals surface area contributed by atoms with Crippen molar-refractivity contribution in [2.24, 2.45) is 0 Å². The van der Waals surface area contributed by atoms with Gasteiger partial charge >= 0.3 is 5.69 Å². The maximum Gasteiger partial charge on any atom is 0.324 e. The van der Waals surface area contributed by atoms with E-state index in [1.54, 1.807) is 25.1 Å². The zero-order valence-electron chi connectivity index (χ0n) is 11.0. The summed E-state index contributed by atoms with van der Waals surface area (Å²) in [5, 5.41) is 11.4. The van der Waals surface area contributed by atoms with Crippen LogP contribution in [0.2, 0.25) is 5.02 Å².